The summed E-state index contributed by atoms with van der Waals surface area (Å²) in [6, 6.07) is 1.79. The van der Waals surface area contributed by atoms with Crippen molar-refractivity contribution < 1.29 is 33.7 Å². The molecule has 1 atom stereocenters. The molecule has 158 valence electrons. The molecule has 0 aliphatic heterocycles. The van der Waals surface area contributed by atoms with E-state index < -0.39 is 35.6 Å². The van der Waals surface area contributed by atoms with Crippen LogP contribution in [0.15, 0.2) is 16.8 Å². The molecule has 0 aliphatic carbocycles. The molecule has 0 saturated heterocycles. The van der Waals surface area contributed by atoms with E-state index >= 15 is 0 Å². The minimum Gasteiger partial charge on any atom is -0.456 e. The van der Waals surface area contributed by atoms with Crippen LogP contribution in [0.25, 0.3) is 0 Å². The molecule has 1 amide bonds. The van der Waals surface area contributed by atoms with E-state index in [0.717, 1.165) is 15.6 Å². The highest BCUT2D eigenvalue weighted by atomic mass is 32.1. The van der Waals surface area contributed by atoms with Gasteiger partial charge in [0.15, 0.2) is 0 Å². The minimum atomic E-state index is -1.70. The molecule has 0 aliphatic rings. The van der Waals surface area contributed by atoms with Gasteiger partial charge in [-0.1, -0.05) is 0 Å². The lowest BCUT2D eigenvalue weighted by Crippen LogP contribution is -2.55. The summed E-state index contributed by atoms with van der Waals surface area (Å²) in [5.41, 5.74) is -0.910. The van der Waals surface area contributed by atoms with Crippen LogP contribution in [0.1, 0.15) is 47.1 Å². The van der Waals surface area contributed by atoms with E-state index in [1.54, 1.807) is 47.6 Å². The maximum Gasteiger partial charge on any atom is 0.507 e. The van der Waals surface area contributed by atoms with Crippen molar-refractivity contribution in [1.82, 2.24) is 10.0 Å². The molecule has 0 bridgehead atoms. The Labute approximate surface area is 168 Å². The van der Waals surface area contributed by atoms with Gasteiger partial charge in [0.1, 0.15) is 11.2 Å². The van der Waals surface area contributed by atoms with Crippen molar-refractivity contribution in [3.63, 3.8) is 0 Å². The van der Waals surface area contributed by atoms with E-state index in [-0.39, 0.29) is 6.54 Å². The van der Waals surface area contributed by atoms with Crippen molar-refractivity contribution in [2.45, 2.75) is 65.5 Å². The third-order valence-corrected chi connectivity index (χ3v) is 3.79. The van der Waals surface area contributed by atoms with Gasteiger partial charge in [-0.2, -0.15) is 16.3 Å². The Bertz CT molecular complexity index is 677. The standard InChI is InChI=1S/C18H28N2O7S/c1-17(2,3)26-14(21)13(25-16(23)24)20(10-12-8-9-28-11-12)19(7)15(22)27-18(4,5)6/h8-9,11,13H,10H2,1-7H3,(H,23,24). The van der Waals surface area contributed by atoms with Crippen molar-refractivity contribution in [2.24, 2.45) is 0 Å². The van der Waals surface area contributed by atoms with Gasteiger partial charge in [0.2, 0.25) is 0 Å². The highest BCUT2D eigenvalue weighted by Gasteiger charge is 2.39. The van der Waals surface area contributed by atoms with Crippen LogP contribution in [0.3, 0.4) is 0 Å². The number of rotatable bonds is 6. The lowest BCUT2D eigenvalue weighted by Gasteiger charge is -2.37. The highest BCUT2D eigenvalue weighted by Crippen LogP contribution is 2.20. The van der Waals surface area contributed by atoms with Gasteiger partial charge in [-0.25, -0.2) is 19.4 Å². The van der Waals surface area contributed by atoms with E-state index in [0.29, 0.717) is 0 Å². The molecule has 1 aromatic heterocycles. The van der Waals surface area contributed by atoms with E-state index in [1.165, 1.54) is 18.4 Å². The molecule has 0 saturated carbocycles. The number of carboxylic acid groups (broad SMARTS) is 1. The quantitative estimate of drug-likeness (QED) is 0.324. The average Bonchev–Trinajstić information content (AvgIpc) is 2.99. The van der Waals surface area contributed by atoms with Gasteiger partial charge in [0.05, 0.1) is 0 Å². The first-order valence-electron chi connectivity index (χ1n) is 8.56. The Morgan fingerprint density at radius 3 is 2.11 bits per heavy atom. The SMILES string of the molecule is CN(C(=O)OC(C)(C)C)N(Cc1ccsc1)C(OC(=O)O)C(=O)OC(C)(C)C. The van der Waals surface area contributed by atoms with Gasteiger partial charge >= 0.3 is 18.2 Å². The van der Waals surface area contributed by atoms with Crippen LogP contribution in [-0.2, 0) is 25.5 Å². The van der Waals surface area contributed by atoms with E-state index in [2.05, 4.69) is 0 Å². The fraction of sp³-hybridized carbons (Fsp3) is 0.611. The second-order valence-electron chi connectivity index (χ2n) is 8.00. The molecule has 0 aromatic carbocycles. The summed E-state index contributed by atoms with van der Waals surface area (Å²) in [6.45, 7) is 10.0. The molecule has 1 unspecified atom stereocenters. The molecule has 10 heteroatoms. The first kappa shape index (κ1) is 23.7. The fourth-order valence-electron chi connectivity index (χ4n) is 2.03. The molecule has 1 N–H and O–H groups in total. The molecule has 1 rings (SSSR count). The van der Waals surface area contributed by atoms with Crippen LogP contribution >= 0.6 is 11.3 Å². The van der Waals surface area contributed by atoms with Crippen LogP contribution in [0.2, 0.25) is 0 Å². The molecule has 0 fully saturated rings. The largest absolute Gasteiger partial charge is 0.507 e. The summed E-state index contributed by atoms with van der Waals surface area (Å²) in [5, 5.41) is 14.9. The van der Waals surface area contributed by atoms with Gasteiger partial charge < -0.3 is 19.3 Å². The molecule has 28 heavy (non-hydrogen) atoms. The van der Waals surface area contributed by atoms with Crippen molar-refractivity contribution in [3.8, 4) is 0 Å². The number of amides is 1. The Morgan fingerprint density at radius 1 is 1.11 bits per heavy atom. The average molecular weight is 416 g/mol. The predicted molar refractivity (Wildman–Crippen MR) is 103 cm³/mol. The van der Waals surface area contributed by atoms with Gasteiger partial charge in [-0.3, -0.25) is 0 Å². The zero-order chi connectivity index (χ0) is 21.7. The summed E-state index contributed by atoms with van der Waals surface area (Å²) in [6.07, 6.45) is -4.15. The van der Waals surface area contributed by atoms with Crippen LogP contribution in [0.4, 0.5) is 9.59 Å². The third-order valence-electron chi connectivity index (χ3n) is 3.06. The molecule has 1 heterocycles. The van der Waals surface area contributed by atoms with Crippen LogP contribution in [0.5, 0.6) is 0 Å². The maximum atomic E-state index is 12.6. The Kier molecular flexibility index (Phi) is 7.83. The topological polar surface area (TPSA) is 106 Å². The number of carbonyl (C=O) groups is 3. The molecular weight excluding hydrogens is 388 g/mol. The zero-order valence-electron chi connectivity index (χ0n) is 17.2. The molecule has 9 nitrogen and oxygen atoms in total. The van der Waals surface area contributed by atoms with Gasteiger partial charge in [0, 0.05) is 13.6 Å². The lowest BCUT2D eigenvalue weighted by atomic mass is 10.2. The zero-order valence-corrected chi connectivity index (χ0v) is 18.0. The molecular formula is C18H28N2O7S. The normalized spacial score (nSPS) is 13.0. The third kappa shape index (κ3) is 8.13. The number of hydrogen-bond acceptors (Lipinski definition) is 8. The van der Waals surface area contributed by atoms with Crippen molar-refractivity contribution in [2.75, 3.05) is 7.05 Å². The number of hydrazine groups is 1. The van der Waals surface area contributed by atoms with Gasteiger partial charge in [-0.05, 0) is 63.9 Å². The smallest absolute Gasteiger partial charge is 0.456 e. The summed E-state index contributed by atoms with van der Waals surface area (Å²) < 4.78 is 15.4. The van der Waals surface area contributed by atoms with Gasteiger partial charge in [0.25, 0.3) is 6.23 Å². The Morgan fingerprint density at radius 2 is 1.68 bits per heavy atom. The Hall–Kier alpha value is -2.33. The first-order chi connectivity index (χ1) is 12.7. The summed E-state index contributed by atoms with van der Waals surface area (Å²) in [7, 11) is 1.36. The van der Waals surface area contributed by atoms with Gasteiger partial charge in [-0.15, -0.1) is 0 Å². The van der Waals surface area contributed by atoms with Crippen LogP contribution in [-0.4, -0.2) is 57.8 Å². The van der Waals surface area contributed by atoms with E-state index in [1.807, 2.05) is 10.8 Å². The fourth-order valence-corrected chi connectivity index (χ4v) is 2.69. The highest BCUT2D eigenvalue weighted by molar-refractivity contribution is 7.07. The Balaban J connectivity index is 3.24. The second-order valence-corrected chi connectivity index (χ2v) is 8.78. The minimum absolute atomic E-state index is 0.0242. The number of carbonyl (C=O) groups excluding carboxylic acids is 2. The molecule has 0 spiro atoms. The second kappa shape index (κ2) is 9.24. The van der Waals surface area contributed by atoms with Crippen molar-refractivity contribution in [1.29, 1.82) is 0 Å². The number of thiophene rings is 1. The maximum absolute atomic E-state index is 12.6. The monoisotopic (exact) mass is 416 g/mol. The number of hydrogen-bond donors (Lipinski definition) is 1. The summed E-state index contributed by atoms with van der Waals surface area (Å²) in [4.78, 5) is 36.4. The predicted octanol–water partition coefficient (Wildman–Crippen LogP) is 3.69. The molecule has 1 aromatic rings. The number of ether oxygens (including phenoxy) is 3. The summed E-state index contributed by atoms with van der Waals surface area (Å²) >= 11 is 1.42. The number of esters is 1. The first-order valence-corrected chi connectivity index (χ1v) is 9.50. The number of nitrogens with zero attached hydrogens (tertiary/aromatic N) is 2. The van der Waals surface area contributed by atoms with Crippen molar-refractivity contribution in [3.05, 3.63) is 22.4 Å². The lowest BCUT2D eigenvalue weighted by molar-refractivity contribution is -0.195. The van der Waals surface area contributed by atoms with E-state index in [4.69, 9.17) is 19.3 Å². The van der Waals surface area contributed by atoms with E-state index in [9.17, 15) is 14.4 Å². The van der Waals surface area contributed by atoms with Crippen LogP contribution in [0, 0.1) is 0 Å². The summed E-state index contributed by atoms with van der Waals surface area (Å²) in [5.74, 6) is -0.944. The molecule has 0 radical (unpaired) electrons. The van der Waals surface area contributed by atoms with Crippen molar-refractivity contribution >= 4 is 29.6 Å². The van der Waals surface area contributed by atoms with Crippen LogP contribution < -0.4 is 0 Å².